The van der Waals surface area contributed by atoms with Crippen LogP contribution in [0.25, 0.3) is 0 Å². The lowest BCUT2D eigenvalue weighted by molar-refractivity contribution is 0.247. The highest BCUT2D eigenvalue weighted by atomic mass is 79.9. The maximum absolute atomic E-state index is 4.40. The molecule has 104 valence electrons. The molecule has 0 saturated carbocycles. The van der Waals surface area contributed by atoms with E-state index in [4.69, 9.17) is 0 Å². The van der Waals surface area contributed by atoms with Gasteiger partial charge in [-0.2, -0.15) is 0 Å². The predicted octanol–water partition coefficient (Wildman–Crippen LogP) is 3.17. The van der Waals surface area contributed by atoms with Gasteiger partial charge < -0.3 is 4.90 Å². The summed E-state index contributed by atoms with van der Waals surface area (Å²) < 4.78 is 1.13. The third-order valence-corrected chi connectivity index (χ3v) is 4.20. The number of hydrogen-bond donors (Lipinski definition) is 0. The second kappa shape index (κ2) is 6.37. The number of pyridine rings is 1. The van der Waals surface area contributed by atoms with Crippen molar-refractivity contribution in [2.75, 3.05) is 31.1 Å². The highest BCUT2D eigenvalue weighted by Crippen LogP contribution is 2.20. The maximum atomic E-state index is 4.40. The average molecular weight is 332 g/mol. The Kier molecular flexibility index (Phi) is 4.33. The van der Waals surface area contributed by atoms with Crippen LogP contribution < -0.4 is 4.90 Å². The van der Waals surface area contributed by atoms with Gasteiger partial charge in [-0.1, -0.05) is 22.0 Å². The lowest BCUT2D eigenvalue weighted by Gasteiger charge is -2.36. The van der Waals surface area contributed by atoms with Gasteiger partial charge in [0.2, 0.25) is 0 Å². The molecule has 1 saturated heterocycles. The summed E-state index contributed by atoms with van der Waals surface area (Å²) in [6, 6.07) is 14.7. The van der Waals surface area contributed by atoms with Gasteiger partial charge in [0.25, 0.3) is 0 Å². The molecule has 0 atom stereocenters. The molecule has 2 aromatic rings. The topological polar surface area (TPSA) is 19.4 Å². The molecule has 1 aliphatic heterocycles. The van der Waals surface area contributed by atoms with E-state index in [9.17, 15) is 0 Å². The molecule has 1 aromatic carbocycles. The summed E-state index contributed by atoms with van der Waals surface area (Å²) in [6.45, 7) is 5.29. The summed E-state index contributed by atoms with van der Waals surface area (Å²) in [5.41, 5.74) is 2.47. The molecule has 3 rings (SSSR count). The van der Waals surface area contributed by atoms with Crippen molar-refractivity contribution in [2.24, 2.45) is 0 Å². The fourth-order valence-electron chi connectivity index (χ4n) is 2.54. The molecule has 20 heavy (non-hydrogen) atoms. The first-order valence-corrected chi connectivity index (χ1v) is 7.73. The summed E-state index contributed by atoms with van der Waals surface area (Å²) in [6.07, 6.45) is 1.87. The van der Waals surface area contributed by atoms with Gasteiger partial charge in [-0.15, -0.1) is 0 Å². The first-order chi connectivity index (χ1) is 9.81. The highest BCUT2D eigenvalue weighted by Gasteiger charge is 2.17. The van der Waals surface area contributed by atoms with Crippen LogP contribution in [0.1, 0.15) is 5.69 Å². The molecule has 4 heteroatoms. The zero-order chi connectivity index (χ0) is 13.8. The standard InChI is InChI=1S/C16H18BrN3/c17-14-4-6-16(7-5-14)20-11-9-19(10-12-20)13-15-3-1-2-8-18-15/h1-8H,9-13H2. The Morgan fingerprint density at radius 3 is 2.35 bits per heavy atom. The Labute approximate surface area is 128 Å². The van der Waals surface area contributed by atoms with Gasteiger partial charge >= 0.3 is 0 Å². The molecule has 3 nitrogen and oxygen atoms in total. The second-order valence-corrected chi connectivity index (χ2v) is 5.98. The van der Waals surface area contributed by atoms with Gasteiger partial charge in [0, 0.05) is 49.1 Å². The molecule has 0 N–H and O–H groups in total. The fourth-order valence-corrected chi connectivity index (χ4v) is 2.80. The number of piperazine rings is 1. The van der Waals surface area contributed by atoms with Crippen LogP contribution in [-0.2, 0) is 6.54 Å². The molecule has 2 heterocycles. The van der Waals surface area contributed by atoms with E-state index in [0.29, 0.717) is 0 Å². The Morgan fingerprint density at radius 2 is 1.70 bits per heavy atom. The average Bonchev–Trinajstić information content (AvgIpc) is 2.50. The fraction of sp³-hybridized carbons (Fsp3) is 0.312. The minimum Gasteiger partial charge on any atom is -0.369 e. The minimum absolute atomic E-state index is 0.953. The number of aromatic nitrogens is 1. The molecule has 0 bridgehead atoms. The third-order valence-electron chi connectivity index (χ3n) is 3.68. The second-order valence-electron chi connectivity index (χ2n) is 5.06. The van der Waals surface area contributed by atoms with Crippen molar-refractivity contribution >= 4 is 21.6 Å². The highest BCUT2D eigenvalue weighted by molar-refractivity contribution is 9.10. The van der Waals surface area contributed by atoms with Crippen LogP contribution in [0.15, 0.2) is 53.1 Å². The van der Waals surface area contributed by atoms with E-state index in [1.54, 1.807) is 0 Å². The van der Waals surface area contributed by atoms with E-state index in [2.05, 4.69) is 67.1 Å². The minimum atomic E-state index is 0.953. The Balaban J connectivity index is 1.55. The quantitative estimate of drug-likeness (QED) is 0.861. The van der Waals surface area contributed by atoms with E-state index in [0.717, 1.165) is 42.9 Å². The van der Waals surface area contributed by atoms with E-state index in [1.807, 2.05) is 12.3 Å². The van der Waals surface area contributed by atoms with Crippen molar-refractivity contribution in [3.05, 3.63) is 58.8 Å². The van der Waals surface area contributed by atoms with Crippen LogP contribution in [0.5, 0.6) is 0 Å². The lowest BCUT2D eigenvalue weighted by atomic mass is 10.2. The normalized spacial score (nSPS) is 16.4. The first kappa shape index (κ1) is 13.6. The van der Waals surface area contributed by atoms with Crippen molar-refractivity contribution < 1.29 is 0 Å². The summed E-state index contributed by atoms with van der Waals surface area (Å²) in [7, 11) is 0. The van der Waals surface area contributed by atoms with Gasteiger partial charge in [-0.3, -0.25) is 9.88 Å². The van der Waals surface area contributed by atoms with Crippen LogP contribution in [0, 0.1) is 0 Å². The van der Waals surface area contributed by atoms with Crippen LogP contribution in [-0.4, -0.2) is 36.1 Å². The molecule has 0 amide bonds. The summed E-state index contributed by atoms with van der Waals surface area (Å²) in [5.74, 6) is 0. The van der Waals surface area contributed by atoms with Crippen molar-refractivity contribution in [3.63, 3.8) is 0 Å². The van der Waals surface area contributed by atoms with E-state index < -0.39 is 0 Å². The van der Waals surface area contributed by atoms with Gasteiger partial charge in [-0.05, 0) is 36.4 Å². The molecule has 1 aromatic heterocycles. The zero-order valence-corrected chi connectivity index (χ0v) is 13.0. The van der Waals surface area contributed by atoms with Crippen LogP contribution in [0.4, 0.5) is 5.69 Å². The van der Waals surface area contributed by atoms with Gasteiger partial charge in [0.15, 0.2) is 0 Å². The van der Waals surface area contributed by atoms with E-state index in [1.165, 1.54) is 5.69 Å². The summed E-state index contributed by atoms with van der Waals surface area (Å²) in [5, 5.41) is 0. The molecule has 0 spiro atoms. The van der Waals surface area contributed by atoms with Crippen molar-refractivity contribution in [2.45, 2.75) is 6.54 Å². The van der Waals surface area contributed by atoms with Crippen molar-refractivity contribution in [3.8, 4) is 0 Å². The maximum Gasteiger partial charge on any atom is 0.0543 e. The SMILES string of the molecule is Brc1ccc(N2CCN(Cc3ccccn3)CC2)cc1. The van der Waals surface area contributed by atoms with Gasteiger partial charge in [-0.25, -0.2) is 0 Å². The van der Waals surface area contributed by atoms with E-state index >= 15 is 0 Å². The Morgan fingerprint density at radius 1 is 0.950 bits per heavy atom. The predicted molar refractivity (Wildman–Crippen MR) is 85.9 cm³/mol. The van der Waals surface area contributed by atoms with Crippen molar-refractivity contribution in [1.82, 2.24) is 9.88 Å². The van der Waals surface area contributed by atoms with Gasteiger partial charge in [0.1, 0.15) is 0 Å². The smallest absolute Gasteiger partial charge is 0.0543 e. The monoisotopic (exact) mass is 331 g/mol. The van der Waals surface area contributed by atoms with Crippen LogP contribution >= 0.6 is 15.9 Å². The Bertz CT molecular complexity index is 533. The third kappa shape index (κ3) is 3.38. The molecule has 1 aliphatic rings. The molecule has 1 fully saturated rings. The van der Waals surface area contributed by atoms with E-state index in [-0.39, 0.29) is 0 Å². The molecular formula is C16H18BrN3. The largest absolute Gasteiger partial charge is 0.369 e. The number of benzene rings is 1. The number of anilines is 1. The number of nitrogens with zero attached hydrogens (tertiary/aromatic N) is 3. The van der Waals surface area contributed by atoms with Crippen LogP contribution in [0.2, 0.25) is 0 Å². The number of halogens is 1. The lowest BCUT2D eigenvalue weighted by Crippen LogP contribution is -2.46. The Hall–Kier alpha value is -1.39. The van der Waals surface area contributed by atoms with Gasteiger partial charge in [0.05, 0.1) is 5.69 Å². The number of rotatable bonds is 3. The van der Waals surface area contributed by atoms with Crippen molar-refractivity contribution in [1.29, 1.82) is 0 Å². The van der Waals surface area contributed by atoms with Crippen LogP contribution in [0.3, 0.4) is 0 Å². The first-order valence-electron chi connectivity index (χ1n) is 6.94. The molecule has 0 radical (unpaired) electrons. The molecule has 0 unspecified atom stereocenters. The summed E-state index contributed by atoms with van der Waals surface area (Å²) >= 11 is 3.48. The zero-order valence-electron chi connectivity index (χ0n) is 11.4. The molecular weight excluding hydrogens is 314 g/mol. The summed E-state index contributed by atoms with van der Waals surface area (Å²) in [4.78, 5) is 9.31. The number of hydrogen-bond acceptors (Lipinski definition) is 3. The molecule has 0 aliphatic carbocycles.